The van der Waals surface area contributed by atoms with Crippen LogP contribution in [0.4, 0.5) is 0 Å². The first-order valence-electron chi connectivity index (χ1n) is 8.97. The number of carbonyl (C=O) groups excluding carboxylic acids is 2. The van der Waals surface area contributed by atoms with Gasteiger partial charge in [-0.05, 0) is 54.9 Å². The predicted octanol–water partition coefficient (Wildman–Crippen LogP) is 1.43. The van der Waals surface area contributed by atoms with Crippen molar-refractivity contribution in [2.24, 2.45) is 5.92 Å². The lowest BCUT2D eigenvalue weighted by atomic mass is 9.92. The highest BCUT2D eigenvalue weighted by Crippen LogP contribution is 2.23. The van der Waals surface area contributed by atoms with Crippen molar-refractivity contribution in [1.82, 2.24) is 15.6 Å². The van der Waals surface area contributed by atoms with Gasteiger partial charge in [0.1, 0.15) is 0 Å². The Morgan fingerprint density at radius 3 is 2.38 bits per heavy atom. The van der Waals surface area contributed by atoms with Gasteiger partial charge in [0.05, 0.1) is 4.90 Å². The Hall–Kier alpha value is -1.93. The second-order valence-electron chi connectivity index (χ2n) is 6.98. The number of hydrogen-bond donors (Lipinski definition) is 3. The quantitative estimate of drug-likeness (QED) is 0.622. The van der Waals surface area contributed by atoms with Crippen LogP contribution in [0.5, 0.6) is 0 Å². The lowest BCUT2D eigenvalue weighted by Crippen LogP contribution is -2.43. The molecule has 0 fully saturated rings. The van der Waals surface area contributed by atoms with E-state index in [1.807, 2.05) is 19.9 Å². The van der Waals surface area contributed by atoms with E-state index < -0.39 is 15.9 Å². The molecule has 0 spiro atoms. The predicted molar refractivity (Wildman–Crippen MR) is 98.6 cm³/mol. The first-order chi connectivity index (χ1) is 12.3. The molecule has 0 atom stereocenters. The van der Waals surface area contributed by atoms with Crippen LogP contribution in [-0.2, 0) is 32.5 Å². The Kier molecular flexibility index (Phi) is 7.16. The van der Waals surface area contributed by atoms with Gasteiger partial charge in [-0.3, -0.25) is 20.4 Å². The molecule has 7 nitrogen and oxygen atoms in total. The molecule has 1 aromatic rings. The molecular formula is C18H27N3O4S. The summed E-state index contributed by atoms with van der Waals surface area (Å²) >= 11 is 0. The van der Waals surface area contributed by atoms with E-state index in [0.717, 1.165) is 31.2 Å². The highest BCUT2D eigenvalue weighted by atomic mass is 32.2. The summed E-state index contributed by atoms with van der Waals surface area (Å²) in [5.41, 5.74) is 6.90. The third-order valence-electron chi connectivity index (χ3n) is 4.21. The Morgan fingerprint density at radius 1 is 1.04 bits per heavy atom. The maximum absolute atomic E-state index is 12.4. The average molecular weight is 381 g/mol. The van der Waals surface area contributed by atoms with Crippen LogP contribution >= 0.6 is 0 Å². The van der Waals surface area contributed by atoms with Crippen molar-refractivity contribution in [3.05, 3.63) is 29.3 Å². The molecule has 1 aliphatic rings. The number of rotatable bonds is 7. The molecule has 0 aromatic heterocycles. The van der Waals surface area contributed by atoms with E-state index in [1.165, 1.54) is 5.56 Å². The summed E-state index contributed by atoms with van der Waals surface area (Å²) in [4.78, 5) is 23.4. The van der Waals surface area contributed by atoms with E-state index in [2.05, 4.69) is 15.6 Å². The van der Waals surface area contributed by atoms with Crippen molar-refractivity contribution in [3.8, 4) is 0 Å². The molecule has 8 heteroatoms. The van der Waals surface area contributed by atoms with Crippen molar-refractivity contribution in [2.75, 3.05) is 6.54 Å². The SMILES string of the molecule is CC(C)CC(=O)NNC(=O)CCNS(=O)(=O)c1ccc2c(c1)CCCC2. The van der Waals surface area contributed by atoms with Crippen LogP contribution in [0.15, 0.2) is 23.1 Å². The zero-order valence-corrected chi connectivity index (χ0v) is 16.1. The number of fused-ring (bicyclic) bond motifs is 1. The molecule has 2 rings (SSSR count). The van der Waals surface area contributed by atoms with Crippen LogP contribution in [0.3, 0.4) is 0 Å². The highest BCUT2D eigenvalue weighted by molar-refractivity contribution is 7.89. The normalized spacial score (nSPS) is 14.0. The summed E-state index contributed by atoms with van der Waals surface area (Å²) in [6, 6.07) is 5.21. The first-order valence-corrected chi connectivity index (χ1v) is 10.5. The molecule has 0 saturated carbocycles. The highest BCUT2D eigenvalue weighted by Gasteiger charge is 2.18. The monoisotopic (exact) mass is 381 g/mol. The largest absolute Gasteiger partial charge is 0.273 e. The Bertz CT molecular complexity index is 760. The van der Waals surface area contributed by atoms with E-state index in [0.29, 0.717) is 6.42 Å². The van der Waals surface area contributed by atoms with Crippen LogP contribution < -0.4 is 15.6 Å². The Balaban J connectivity index is 1.81. The lowest BCUT2D eigenvalue weighted by Gasteiger charge is -2.16. The van der Waals surface area contributed by atoms with Gasteiger partial charge in [0.25, 0.3) is 0 Å². The molecule has 0 heterocycles. The molecule has 0 unspecified atom stereocenters. The van der Waals surface area contributed by atoms with Crippen LogP contribution in [0.25, 0.3) is 0 Å². The fourth-order valence-corrected chi connectivity index (χ4v) is 3.97. The maximum Gasteiger partial charge on any atom is 0.240 e. The van der Waals surface area contributed by atoms with Crippen LogP contribution in [0.1, 0.15) is 50.7 Å². The van der Waals surface area contributed by atoms with Crippen molar-refractivity contribution in [1.29, 1.82) is 0 Å². The zero-order valence-electron chi connectivity index (χ0n) is 15.3. The Morgan fingerprint density at radius 2 is 1.69 bits per heavy atom. The van der Waals surface area contributed by atoms with Gasteiger partial charge in [-0.25, -0.2) is 13.1 Å². The zero-order chi connectivity index (χ0) is 19.2. The van der Waals surface area contributed by atoms with Crippen molar-refractivity contribution in [2.45, 2.75) is 57.3 Å². The first kappa shape index (κ1) is 20.4. The fraction of sp³-hybridized carbons (Fsp3) is 0.556. The van der Waals surface area contributed by atoms with Crippen LogP contribution in [-0.4, -0.2) is 26.8 Å². The van der Waals surface area contributed by atoms with E-state index in [9.17, 15) is 18.0 Å². The summed E-state index contributed by atoms with van der Waals surface area (Å²) in [6.07, 6.45) is 4.35. The summed E-state index contributed by atoms with van der Waals surface area (Å²) in [5.74, 6) is -0.534. The maximum atomic E-state index is 12.4. The number of benzene rings is 1. The van der Waals surface area contributed by atoms with Gasteiger partial charge in [-0.1, -0.05) is 19.9 Å². The van der Waals surface area contributed by atoms with E-state index in [-0.39, 0.29) is 29.7 Å². The molecule has 2 amide bonds. The topological polar surface area (TPSA) is 104 Å². The number of carbonyl (C=O) groups is 2. The van der Waals surface area contributed by atoms with Gasteiger partial charge in [0.15, 0.2) is 0 Å². The number of hydrazine groups is 1. The molecule has 3 N–H and O–H groups in total. The summed E-state index contributed by atoms with van der Waals surface area (Å²) in [7, 11) is -3.65. The van der Waals surface area contributed by atoms with Gasteiger partial charge >= 0.3 is 0 Å². The Labute approximate surface area is 155 Å². The second kappa shape index (κ2) is 9.14. The van der Waals surface area contributed by atoms with Crippen molar-refractivity contribution < 1.29 is 18.0 Å². The number of sulfonamides is 1. The van der Waals surface area contributed by atoms with Crippen molar-refractivity contribution in [3.63, 3.8) is 0 Å². The average Bonchev–Trinajstić information content (AvgIpc) is 2.59. The van der Waals surface area contributed by atoms with Gasteiger partial charge < -0.3 is 0 Å². The second-order valence-corrected chi connectivity index (χ2v) is 8.75. The molecule has 26 heavy (non-hydrogen) atoms. The van der Waals surface area contributed by atoms with Gasteiger partial charge in [-0.15, -0.1) is 0 Å². The third kappa shape index (κ3) is 6.10. The summed E-state index contributed by atoms with van der Waals surface area (Å²) in [5, 5.41) is 0. The van der Waals surface area contributed by atoms with Crippen molar-refractivity contribution >= 4 is 21.8 Å². The molecule has 144 valence electrons. The molecule has 1 aliphatic carbocycles. The lowest BCUT2D eigenvalue weighted by molar-refractivity contribution is -0.129. The molecule has 0 radical (unpaired) electrons. The molecular weight excluding hydrogens is 354 g/mol. The minimum atomic E-state index is -3.65. The van der Waals surface area contributed by atoms with Gasteiger partial charge in [0.2, 0.25) is 21.8 Å². The minimum Gasteiger partial charge on any atom is -0.273 e. The van der Waals surface area contributed by atoms with Gasteiger partial charge in [0, 0.05) is 19.4 Å². The number of hydrogen-bond acceptors (Lipinski definition) is 4. The van der Waals surface area contributed by atoms with E-state index >= 15 is 0 Å². The fourth-order valence-electron chi connectivity index (χ4n) is 2.88. The molecule has 0 aliphatic heterocycles. The summed E-state index contributed by atoms with van der Waals surface area (Å²) < 4.78 is 27.2. The molecule has 1 aromatic carbocycles. The van der Waals surface area contributed by atoms with E-state index in [4.69, 9.17) is 0 Å². The number of nitrogens with one attached hydrogen (secondary N) is 3. The van der Waals surface area contributed by atoms with E-state index in [1.54, 1.807) is 12.1 Å². The number of amides is 2. The summed E-state index contributed by atoms with van der Waals surface area (Å²) in [6.45, 7) is 3.76. The van der Waals surface area contributed by atoms with Gasteiger partial charge in [-0.2, -0.15) is 0 Å². The smallest absolute Gasteiger partial charge is 0.240 e. The van der Waals surface area contributed by atoms with Crippen LogP contribution in [0, 0.1) is 5.92 Å². The standard InChI is InChI=1S/C18H27N3O4S/c1-13(2)11-18(23)21-20-17(22)9-10-19-26(24,25)16-8-7-14-5-3-4-6-15(14)12-16/h7-8,12-13,19H,3-6,9-11H2,1-2H3,(H,20,22)(H,21,23). The third-order valence-corrected chi connectivity index (χ3v) is 5.67. The number of aryl methyl sites for hydroxylation is 2. The molecule has 0 saturated heterocycles. The van der Waals surface area contributed by atoms with Crippen LogP contribution in [0.2, 0.25) is 0 Å². The minimum absolute atomic E-state index is 0.0364. The molecule has 0 bridgehead atoms.